The summed E-state index contributed by atoms with van der Waals surface area (Å²) >= 11 is 5.75. The van der Waals surface area contributed by atoms with Gasteiger partial charge in [0.15, 0.2) is 0 Å². The van der Waals surface area contributed by atoms with Gasteiger partial charge in [-0.2, -0.15) is 0 Å². The van der Waals surface area contributed by atoms with Crippen molar-refractivity contribution in [3.63, 3.8) is 0 Å². The number of alkyl halides is 1. The summed E-state index contributed by atoms with van der Waals surface area (Å²) in [5.74, 6) is 1.95. The Kier molecular flexibility index (Phi) is 5.00. The van der Waals surface area contributed by atoms with Crippen molar-refractivity contribution < 1.29 is 4.74 Å². The molecule has 0 bridgehead atoms. The first kappa shape index (κ1) is 14.0. The minimum absolute atomic E-state index is 0.0921. The third kappa shape index (κ3) is 5.22. The zero-order chi connectivity index (χ0) is 12.9. The molecule has 1 heterocycles. The predicted molar refractivity (Wildman–Crippen MR) is 70.8 cm³/mol. The molecule has 5 heteroatoms. The van der Waals surface area contributed by atoms with Crippen LogP contribution in [0.25, 0.3) is 0 Å². The van der Waals surface area contributed by atoms with E-state index in [2.05, 4.69) is 29.1 Å². The molecule has 0 unspecified atom stereocenters. The lowest BCUT2D eigenvalue weighted by Gasteiger charge is -2.26. The van der Waals surface area contributed by atoms with Gasteiger partial charge in [0.25, 0.3) is 0 Å². The number of hydrogen-bond acceptors (Lipinski definition) is 4. The summed E-state index contributed by atoms with van der Waals surface area (Å²) in [6.45, 7) is 8.10. The number of nitrogens with zero attached hydrogens (tertiary/aromatic N) is 2. The van der Waals surface area contributed by atoms with Crippen molar-refractivity contribution in [2.24, 2.45) is 0 Å². The molecule has 0 radical (unpaired) electrons. The standard InChI is InChI=1S/C12H20ClN3O/c1-9(2)17-11-7-10(14-8-15-11)16-12(3,4)5-6-13/h7-9H,5-6H2,1-4H3,(H,14,15,16). The minimum atomic E-state index is -0.0921. The van der Waals surface area contributed by atoms with Crippen LogP contribution < -0.4 is 10.1 Å². The average Bonchev–Trinajstić information content (AvgIpc) is 2.15. The van der Waals surface area contributed by atoms with E-state index in [9.17, 15) is 0 Å². The summed E-state index contributed by atoms with van der Waals surface area (Å²) in [5.41, 5.74) is -0.0921. The van der Waals surface area contributed by atoms with Crippen molar-refractivity contribution in [2.75, 3.05) is 11.2 Å². The molecule has 0 fully saturated rings. The fourth-order valence-corrected chi connectivity index (χ4v) is 1.83. The highest BCUT2D eigenvalue weighted by Crippen LogP contribution is 2.19. The van der Waals surface area contributed by atoms with Gasteiger partial charge in [0.2, 0.25) is 5.88 Å². The number of ether oxygens (including phenoxy) is 1. The third-order valence-electron chi connectivity index (χ3n) is 2.18. The number of halogens is 1. The van der Waals surface area contributed by atoms with Crippen LogP contribution >= 0.6 is 11.6 Å². The van der Waals surface area contributed by atoms with E-state index < -0.39 is 0 Å². The Bertz CT molecular complexity index is 355. The van der Waals surface area contributed by atoms with Crippen molar-refractivity contribution in [2.45, 2.75) is 45.8 Å². The molecule has 4 nitrogen and oxygen atoms in total. The predicted octanol–water partition coefficient (Wildman–Crippen LogP) is 3.08. The Morgan fingerprint density at radius 1 is 1.41 bits per heavy atom. The summed E-state index contributed by atoms with van der Waals surface area (Å²) in [5, 5.41) is 3.32. The minimum Gasteiger partial charge on any atom is -0.475 e. The Hall–Kier alpha value is -1.03. The van der Waals surface area contributed by atoms with Gasteiger partial charge in [-0.1, -0.05) is 0 Å². The van der Waals surface area contributed by atoms with E-state index in [-0.39, 0.29) is 11.6 Å². The van der Waals surface area contributed by atoms with E-state index in [0.29, 0.717) is 11.8 Å². The van der Waals surface area contributed by atoms with E-state index in [1.807, 2.05) is 13.8 Å². The first-order valence-electron chi connectivity index (χ1n) is 5.76. The largest absolute Gasteiger partial charge is 0.475 e. The van der Waals surface area contributed by atoms with Crippen LogP contribution in [0, 0.1) is 0 Å². The van der Waals surface area contributed by atoms with Crippen molar-refractivity contribution >= 4 is 17.4 Å². The molecule has 1 N–H and O–H groups in total. The fourth-order valence-electron chi connectivity index (χ4n) is 1.36. The molecular weight excluding hydrogens is 238 g/mol. The Morgan fingerprint density at radius 3 is 2.71 bits per heavy atom. The van der Waals surface area contributed by atoms with Gasteiger partial charge in [-0.05, 0) is 34.1 Å². The molecule has 0 aliphatic carbocycles. The van der Waals surface area contributed by atoms with Crippen LogP contribution in [0.5, 0.6) is 5.88 Å². The van der Waals surface area contributed by atoms with E-state index in [4.69, 9.17) is 16.3 Å². The molecular formula is C12H20ClN3O. The molecule has 1 rings (SSSR count). The van der Waals surface area contributed by atoms with Crippen LogP contribution in [0.1, 0.15) is 34.1 Å². The topological polar surface area (TPSA) is 47.0 Å². The van der Waals surface area contributed by atoms with Crippen molar-refractivity contribution in [1.82, 2.24) is 9.97 Å². The average molecular weight is 258 g/mol. The van der Waals surface area contributed by atoms with Crippen LogP contribution in [0.3, 0.4) is 0 Å². The second-order valence-corrected chi connectivity index (χ2v) is 5.23. The second-order valence-electron chi connectivity index (χ2n) is 4.86. The molecule has 0 aromatic carbocycles. The van der Waals surface area contributed by atoms with Crippen LogP contribution in [0.15, 0.2) is 12.4 Å². The smallest absolute Gasteiger partial charge is 0.218 e. The second kappa shape index (κ2) is 6.05. The zero-order valence-corrected chi connectivity index (χ0v) is 11.6. The monoisotopic (exact) mass is 257 g/mol. The lowest BCUT2D eigenvalue weighted by Crippen LogP contribution is -2.31. The Morgan fingerprint density at radius 2 is 2.12 bits per heavy atom. The normalized spacial score (nSPS) is 11.6. The van der Waals surface area contributed by atoms with Crippen LogP contribution in [-0.2, 0) is 0 Å². The van der Waals surface area contributed by atoms with Crippen molar-refractivity contribution in [3.8, 4) is 5.88 Å². The summed E-state index contributed by atoms with van der Waals surface area (Å²) in [6, 6.07) is 1.80. The first-order chi connectivity index (χ1) is 7.93. The van der Waals surface area contributed by atoms with Gasteiger partial charge in [0, 0.05) is 17.5 Å². The maximum Gasteiger partial charge on any atom is 0.218 e. The molecule has 0 aliphatic heterocycles. The highest BCUT2D eigenvalue weighted by molar-refractivity contribution is 6.17. The van der Waals surface area contributed by atoms with Gasteiger partial charge in [0.05, 0.1) is 6.10 Å². The molecule has 0 aliphatic rings. The van der Waals surface area contributed by atoms with Crippen molar-refractivity contribution in [3.05, 3.63) is 12.4 Å². The quantitative estimate of drug-likeness (QED) is 0.796. The Balaban J connectivity index is 2.71. The van der Waals surface area contributed by atoms with Gasteiger partial charge >= 0.3 is 0 Å². The number of rotatable bonds is 6. The molecule has 1 aromatic heterocycles. The highest BCUT2D eigenvalue weighted by atomic mass is 35.5. The molecule has 0 saturated carbocycles. The molecule has 96 valence electrons. The summed E-state index contributed by atoms with van der Waals surface area (Å²) in [6.07, 6.45) is 2.46. The van der Waals surface area contributed by atoms with Gasteiger partial charge in [-0.25, -0.2) is 9.97 Å². The number of hydrogen-bond donors (Lipinski definition) is 1. The van der Waals surface area contributed by atoms with Gasteiger partial charge < -0.3 is 10.1 Å². The van der Waals surface area contributed by atoms with Gasteiger partial charge in [-0.15, -0.1) is 11.6 Å². The SMILES string of the molecule is CC(C)Oc1cc(NC(C)(C)CCCl)ncn1. The molecule has 0 saturated heterocycles. The molecule has 0 spiro atoms. The van der Waals surface area contributed by atoms with Crippen molar-refractivity contribution in [1.29, 1.82) is 0 Å². The summed E-state index contributed by atoms with van der Waals surface area (Å²) in [7, 11) is 0. The number of anilines is 1. The van der Waals surface area contributed by atoms with Gasteiger partial charge in [0.1, 0.15) is 12.1 Å². The number of aromatic nitrogens is 2. The van der Waals surface area contributed by atoms with E-state index >= 15 is 0 Å². The van der Waals surface area contributed by atoms with E-state index in [1.54, 1.807) is 6.07 Å². The zero-order valence-electron chi connectivity index (χ0n) is 10.8. The lowest BCUT2D eigenvalue weighted by atomic mass is 10.0. The van der Waals surface area contributed by atoms with E-state index in [0.717, 1.165) is 12.2 Å². The fraction of sp³-hybridized carbons (Fsp3) is 0.667. The molecule has 17 heavy (non-hydrogen) atoms. The third-order valence-corrected chi connectivity index (χ3v) is 2.37. The molecule has 0 amide bonds. The maximum absolute atomic E-state index is 5.75. The summed E-state index contributed by atoms with van der Waals surface area (Å²) in [4.78, 5) is 8.22. The number of nitrogens with one attached hydrogen (secondary N) is 1. The Labute approximate surface area is 108 Å². The lowest BCUT2D eigenvalue weighted by molar-refractivity contribution is 0.232. The first-order valence-corrected chi connectivity index (χ1v) is 6.29. The maximum atomic E-state index is 5.75. The summed E-state index contributed by atoms with van der Waals surface area (Å²) < 4.78 is 5.51. The van der Waals surface area contributed by atoms with Gasteiger partial charge in [-0.3, -0.25) is 0 Å². The molecule has 0 atom stereocenters. The van der Waals surface area contributed by atoms with E-state index in [1.165, 1.54) is 6.33 Å². The highest BCUT2D eigenvalue weighted by Gasteiger charge is 2.17. The van der Waals surface area contributed by atoms with Crippen LogP contribution in [0.4, 0.5) is 5.82 Å². The van der Waals surface area contributed by atoms with Crippen LogP contribution in [0.2, 0.25) is 0 Å². The molecule has 1 aromatic rings. The van der Waals surface area contributed by atoms with Crippen LogP contribution in [-0.4, -0.2) is 27.5 Å².